The van der Waals surface area contributed by atoms with Gasteiger partial charge in [-0.15, -0.1) is 0 Å². The van der Waals surface area contributed by atoms with E-state index in [1.54, 1.807) is 7.05 Å². The van der Waals surface area contributed by atoms with Gasteiger partial charge in [-0.1, -0.05) is 33.6 Å². The molecular formula is C11H23NO. The molecule has 0 heterocycles. The molecule has 0 saturated carbocycles. The van der Waals surface area contributed by atoms with E-state index in [-0.39, 0.29) is 5.91 Å². The van der Waals surface area contributed by atoms with Crippen molar-refractivity contribution >= 4 is 5.91 Å². The molecule has 13 heavy (non-hydrogen) atoms. The Morgan fingerprint density at radius 3 is 2.23 bits per heavy atom. The van der Waals surface area contributed by atoms with Crippen LogP contribution in [0.25, 0.3) is 0 Å². The minimum atomic E-state index is 0.163. The molecule has 0 spiro atoms. The van der Waals surface area contributed by atoms with Crippen molar-refractivity contribution in [3.05, 3.63) is 0 Å². The molecular weight excluding hydrogens is 162 g/mol. The van der Waals surface area contributed by atoms with Crippen molar-refractivity contribution in [3.63, 3.8) is 0 Å². The summed E-state index contributed by atoms with van der Waals surface area (Å²) < 4.78 is 0. The van der Waals surface area contributed by atoms with Gasteiger partial charge in [-0.25, -0.2) is 0 Å². The zero-order chi connectivity index (χ0) is 10.3. The van der Waals surface area contributed by atoms with Crippen molar-refractivity contribution < 1.29 is 4.79 Å². The Morgan fingerprint density at radius 1 is 1.15 bits per heavy atom. The van der Waals surface area contributed by atoms with Gasteiger partial charge in [-0.05, 0) is 18.3 Å². The van der Waals surface area contributed by atoms with Crippen LogP contribution in [0.15, 0.2) is 0 Å². The summed E-state index contributed by atoms with van der Waals surface area (Å²) in [6, 6.07) is 0. The molecule has 1 N–H and O–H groups in total. The summed E-state index contributed by atoms with van der Waals surface area (Å²) in [6.45, 7) is 6.77. The van der Waals surface area contributed by atoms with E-state index < -0.39 is 0 Å². The quantitative estimate of drug-likeness (QED) is 0.656. The molecule has 0 aliphatic heterocycles. The number of nitrogens with one attached hydrogen (secondary N) is 1. The number of rotatable bonds is 5. The van der Waals surface area contributed by atoms with Crippen LogP contribution in [-0.2, 0) is 4.79 Å². The molecule has 0 atom stereocenters. The van der Waals surface area contributed by atoms with Gasteiger partial charge in [0.15, 0.2) is 0 Å². The lowest BCUT2D eigenvalue weighted by molar-refractivity contribution is -0.120. The molecule has 0 aromatic carbocycles. The first-order valence-corrected chi connectivity index (χ1v) is 5.16. The van der Waals surface area contributed by atoms with Gasteiger partial charge in [0.1, 0.15) is 0 Å². The van der Waals surface area contributed by atoms with E-state index >= 15 is 0 Å². The number of carbonyl (C=O) groups excluding carboxylic acids is 1. The molecule has 78 valence electrons. The molecule has 0 radical (unpaired) electrons. The van der Waals surface area contributed by atoms with Crippen LogP contribution in [0.4, 0.5) is 0 Å². The molecule has 0 aliphatic rings. The average molecular weight is 185 g/mol. The van der Waals surface area contributed by atoms with Crippen molar-refractivity contribution in [1.82, 2.24) is 5.32 Å². The third-order valence-electron chi connectivity index (χ3n) is 2.11. The van der Waals surface area contributed by atoms with Crippen LogP contribution in [0.1, 0.15) is 52.9 Å². The van der Waals surface area contributed by atoms with Crippen molar-refractivity contribution in [2.45, 2.75) is 52.9 Å². The number of hydrogen-bond donors (Lipinski definition) is 1. The maximum atomic E-state index is 10.9. The van der Waals surface area contributed by atoms with Crippen molar-refractivity contribution in [2.24, 2.45) is 5.41 Å². The van der Waals surface area contributed by atoms with Gasteiger partial charge in [0.2, 0.25) is 5.91 Å². The summed E-state index contributed by atoms with van der Waals surface area (Å²) in [6.07, 6.45) is 5.36. The molecule has 1 amide bonds. The molecule has 0 unspecified atom stereocenters. The summed E-state index contributed by atoms with van der Waals surface area (Å²) in [4.78, 5) is 10.9. The van der Waals surface area contributed by atoms with E-state index in [0.29, 0.717) is 11.8 Å². The molecule has 0 aromatic rings. The number of hydrogen-bond acceptors (Lipinski definition) is 1. The Bertz CT molecular complexity index is 147. The summed E-state index contributed by atoms with van der Waals surface area (Å²) in [5, 5.41) is 2.63. The van der Waals surface area contributed by atoms with Crippen LogP contribution < -0.4 is 5.32 Å². The number of unbranched alkanes of at least 4 members (excludes halogenated alkanes) is 2. The molecule has 0 fully saturated rings. The van der Waals surface area contributed by atoms with Crippen molar-refractivity contribution in [3.8, 4) is 0 Å². The topological polar surface area (TPSA) is 29.1 Å². The Labute approximate surface area is 82.1 Å². The van der Waals surface area contributed by atoms with Gasteiger partial charge in [0.25, 0.3) is 0 Å². The fraction of sp³-hybridized carbons (Fsp3) is 0.909. The maximum absolute atomic E-state index is 10.9. The smallest absolute Gasteiger partial charge is 0.219 e. The highest BCUT2D eigenvalue weighted by atomic mass is 16.1. The van der Waals surface area contributed by atoms with Crippen LogP contribution in [-0.4, -0.2) is 13.0 Å². The Morgan fingerprint density at radius 2 is 1.77 bits per heavy atom. The molecule has 0 saturated heterocycles. The minimum Gasteiger partial charge on any atom is -0.359 e. The van der Waals surface area contributed by atoms with Gasteiger partial charge in [0, 0.05) is 13.5 Å². The van der Waals surface area contributed by atoms with Crippen LogP contribution >= 0.6 is 0 Å². The molecule has 0 bridgehead atoms. The normalized spacial score (nSPS) is 11.4. The monoisotopic (exact) mass is 185 g/mol. The second-order valence-corrected chi connectivity index (χ2v) is 4.79. The largest absolute Gasteiger partial charge is 0.359 e. The Balaban J connectivity index is 3.22. The molecule has 0 aliphatic carbocycles. The fourth-order valence-electron chi connectivity index (χ4n) is 1.24. The highest BCUT2D eigenvalue weighted by Crippen LogP contribution is 2.22. The van der Waals surface area contributed by atoms with Crippen LogP contribution in [0, 0.1) is 5.41 Å². The Hall–Kier alpha value is -0.530. The lowest BCUT2D eigenvalue weighted by atomic mass is 9.89. The van der Waals surface area contributed by atoms with Gasteiger partial charge >= 0.3 is 0 Å². The van der Waals surface area contributed by atoms with Crippen LogP contribution in [0.2, 0.25) is 0 Å². The van der Waals surface area contributed by atoms with Gasteiger partial charge < -0.3 is 5.32 Å². The average Bonchev–Trinajstić information content (AvgIpc) is 2.01. The van der Waals surface area contributed by atoms with Crippen LogP contribution in [0.3, 0.4) is 0 Å². The zero-order valence-corrected chi connectivity index (χ0v) is 9.44. The number of amides is 1. The highest BCUT2D eigenvalue weighted by Gasteiger charge is 2.08. The van der Waals surface area contributed by atoms with Gasteiger partial charge in [0.05, 0.1) is 0 Å². The van der Waals surface area contributed by atoms with E-state index in [1.807, 2.05) is 0 Å². The van der Waals surface area contributed by atoms with E-state index in [2.05, 4.69) is 26.1 Å². The maximum Gasteiger partial charge on any atom is 0.219 e. The molecule has 2 heteroatoms. The molecule has 0 aromatic heterocycles. The van der Waals surface area contributed by atoms with E-state index in [1.165, 1.54) is 19.3 Å². The SMILES string of the molecule is CNC(=O)CCCCCC(C)(C)C. The molecule has 0 rings (SSSR count). The summed E-state index contributed by atoms with van der Waals surface area (Å²) in [7, 11) is 1.69. The van der Waals surface area contributed by atoms with Gasteiger partial charge in [-0.3, -0.25) is 4.79 Å². The summed E-state index contributed by atoms with van der Waals surface area (Å²) >= 11 is 0. The van der Waals surface area contributed by atoms with Crippen molar-refractivity contribution in [2.75, 3.05) is 7.05 Å². The third-order valence-corrected chi connectivity index (χ3v) is 2.11. The first-order valence-electron chi connectivity index (χ1n) is 5.16. The second-order valence-electron chi connectivity index (χ2n) is 4.79. The molecule has 2 nitrogen and oxygen atoms in total. The minimum absolute atomic E-state index is 0.163. The summed E-state index contributed by atoms with van der Waals surface area (Å²) in [5.41, 5.74) is 0.438. The predicted octanol–water partition coefficient (Wildman–Crippen LogP) is 2.73. The predicted molar refractivity (Wildman–Crippen MR) is 56.6 cm³/mol. The lowest BCUT2D eigenvalue weighted by Crippen LogP contribution is -2.16. The van der Waals surface area contributed by atoms with Crippen LogP contribution in [0.5, 0.6) is 0 Å². The second kappa shape index (κ2) is 6.01. The first kappa shape index (κ1) is 12.5. The third kappa shape index (κ3) is 9.38. The van der Waals surface area contributed by atoms with Crippen molar-refractivity contribution in [1.29, 1.82) is 0 Å². The lowest BCUT2D eigenvalue weighted by Gasteiger charge is -2.17. The van der Waals surface area contributed by atoms with Gasteiger partial charge in [-0.2, -0.15) is 0 Å². The highest BCUT2D eigenvalue weighted by molar-refractivity contribution is 5.75. The Kier molecular flexibility index (Phi) is 5.76. The standard InChI is InChI=1S/C11H23NO/c1-11(2,3)9-7-5-6-8-10(13)12-4/h5-9H2,1-4H3,(H,12,13). The summed E-state index contributed by atoms with van der Waals surface area (Å²) in [5.74, 6) is 0.163. The van der Waals surface area contributed by atoms with E-state index in [9.17, 15) is 4.79 Å². The van der Waals surface area contributed by atoms with E-state index in [0.717, 1.165) is 6.42 Å². The fourth-order valence-corrected chi connectivity index (χ4v) is 1.24. The number of carbonyl (C=O) groups is 1. The van der Waals surface area contributed by atoms with E-state index in [4.69, 9.17) is 0 Å². The first-order chi connectivity index (χ1) is 5.95. The zero-order valence-electron chi connectivity index (χ0n) is 9.44.